The standard InChI is InChI=1S/C24H28N4O3/c29-22-8-4-13-28(22)18-19-9-11-21(12-10-19)25-24(31)27-15-5-14-26(16-17-27)23(30)20-6-2-1-3-7-20/h1-3,6-7,9-12H,4-5,8,13-18H2,(H,25,31). The van der Waals surface area contributed by atoms with E-state index in [1.807, 2.05) is 64.4 Å². The number of anilines is 1. The first kappa shape index (κ1) is 20.9. The van der Waals surface area contributed by atoms with Gasteiger partial charge in [-0.2, -0.15) is 0 Å². The van der Waals surface area contributed by atoms with E-state index in [0.29, 0.717) is 44.7 Å². The van der Waals surface area contributed by atoms with Crippen LogP contribution in [0.4, 0.5) is 10.5 Å². The van der Waals surface area contributed by atoms with Crippen LogP contribution in [0.25, 0.3) is 0 Å². The molecule has 2 aliphatic heterocycles. The van der Waals surface area contributed by atoms with Gasteiger partial charge in [0.2, 0.25) is 5.91 Å². The minimum atomic E-state index is -0.156. The number of rotatable bonds is 4. The summed E-state index contributed by atoms with van der Waals surface area (Å²) < 4.78 is 0. The quantitative estimate of drug-likeness (QED) is 0.826. The fourth-order valence-corrected chi connectivity index (χ4v) is 4.07. The molecule has 0 spiro atoms. The number of carbonyl (C=O) groups is 3. The van der Waals surface area contributed by atoms with Crippen LogP contribution in [0.3, 0.4) is 0 Å². The Bertz CT molecular complexity index is 930. The minimum absolute atomic E-state index is 0.00920. The maximum Gasteiger partial charge on any atom is 0.321 e. The van der Waals surface area contributed by atoms with E-state index in [1.165, 1.54) is 0 Å². The van der Waals surface area contributed by atoms with Gasteiger partial charge in [-0.05, 0) is 42.7 Å². The average molecular weight is 421 g/mol. The molecule has 2 saturated heterocycles. The normalized spacial score (nSPS) is 16.9. The maximum absolute atomic E-state index is 12.7. The molecule has 2 aromatic rings. The summed E-state index contributed by atoms with van der Waals surface area (Å²) in [5.74, 6) is 0.216. The van der Waals surface area contributed by atoms with E-state index in [9.17, 15) is 14.4 Å². The van der Waals surface area contributed by atoms with Crippen molar-refractivity contribution in [3.05, 3.63) is 65.7 Å². The summed E-state index contributed by atoms with van der Waals surface area (Å²) >= 11 is 0. The van der Waals surface area contributed by atoms with Crippen LogP contribution in [0.5, 0.6) is 0 Å². The monoisotopic (exact) mass is 420 g/mol. The zero-order valence-corrected chi connectivity index (χ0v) is 17.6. The molecule has 1 N–H and O–H groups in total. The van der Waals surface area contributed by atoms with Crippen LogP contribution in [-0.4, -0.2) is 65.3 Å². The van der Waals surface area contributed by atoms with Crippen molar-refractivity contribution in [1.82, 2.24) is 14.7 Å². The topological polar surface area (TPSA) is 73.0 Å². The van der Waals surface area contributed by atoms with Crippen LogP contribution in [0.2, 0.25) is 0 Å². The van der Waals surface area contributed by atoms with Gasteiger partial charge < -0.3 is 20.0 Å². The predicted octanol–water partition coefficient (Wildman–Crippen LogP) is 3.19. The molecule has 0 atom stereocenters. The minimum Gasteiger partial charge on any atom is -0.338 e. The summed E-state index contributed by atoms with van der Waals surface area (Å²) in [6.07, 6.45) is 2.31. The first-order chi connectivity index (χ1) is 15.1. The lowest BCUT2D eigenvalue weighted by molar-refractivity contribution is -0.128. The molecule has 4 rings (SSSR count). The molecule has 7 nitrogen and oxygen atoms in total. The molecule has 2 fully saturated rings. The third-order valence-electron chi connectivity index (χ3n) is 5.84. The van der Waals surface area contributed by atoms with E-state index in [4.69, 9.17) is 0 Å². The summed E-state index contributed by atoms with van der Waals surface area (Å²) in [5.41, 5.74) is 2.46. The Morgan fingerprint density at radius 2 is 1.52 bits per heavy atom. The largest absolute Gasteiger partial charge is 0.338 e. The second kappa shape index (κ2) is 9.64. The van der Waals surface area contributed by atoms with Gasteiger partial charge in [-0.25, -0.2) is 4.79 Å². The lowest BCUT2D eigenvalue weighted by Gasteiger charge is -2.22. The number of nitrogens with zero attached hydrogens (tertiary/aromatic N) is 3. The molecule has 0 aromatic heterocycles. The Labute approximate surface area is 182 Å². The lowest BCUT2D eigenvalue weighted by Crippen LogP contribution is -2.39. The van der Waals surface area contributed by atoms with Gasteiger partial charge in [0.05, 0.1) is 0 Å². The fraction of sp³-hybridized carbons (Fsp3) is 0.375. The molecule has 0 saturated carbocycles. The Balaban J connectivity index is 1.29. The highest BCUT2D eigenvalue weighted by molar-refractivity contribution is 5.94. The number of carbonyl (C=O) groups excluding carboxylic acids is 3. The van der Waals surface area contributed by atoms with Gasteiger partial charge in [-0.1, -0.05) is 30.3 Å². The van der Waals surface area contributed by atoms with Crippen LogP contribution in [0.15, 0.2) is 54.6 Å². The molecule has 0 aliphatic carbocycles. The maximum atomic E-state index is 12.7. The molecule has 0 radical (unpaired) electrons. The van der Waals surface area contributed by atoms with Gasteiger partial charge >= 0.3 is 6.03 Å². The van der Waals surface area contributed by atoms with Crippen molar-refractivity contribution < 1.29 is 14.4 Å². The van der Waals surface area contributed by atoms with Gasteiger partial charge in [0.1, 0.15) is 0 Å². The third kappa shape index (κ3) is 5.23. The van der Waals surface area contributed by atoms with Gasteiger partial charge in [-0.3, -0.25) is 9.59 Å². The van der Waals surface area contributed by atoms with E-state index in [1.54, 1.807) is 4.90 Å². The number of urea groups is 1. The molecule has 2 heterocycles. The number of nitrogens with one attached hydrogen (secondary N) is 1. The number of benzene rings is 2. The van der Waals surface area contributed by atoms with Crippen molar-refractivity contribution in [3.8, 4) is 0 Å². The van der Waals surface area contributed by atoms with Crippen LogP contribution < -0.4 is 5.32 Å². The summed E-state index contributed by atoms with van der Waals surface area (Å²) in [7, 11) is 0. The van der Waals surface area contributed by atoms with E-state index >= 15 is 0 Å². The van der Waals surface area contributed by atoms with Gasteiger partial charge in [-0.15, -0.1) is 0 Å². The van der Waals surface area contributed by atoms with E-state index < -0.39 is 0 Å². The smallest absolute Gasteiger partial charge is 0.321 e. The summed E-state index contributed by atoms with van der Waals surface area (Å²) in [5, 5.41) is 2.95. The molecular weight excluding hydrogens is 392 g/mol. The SMILES string of the molecule is O=C1CCCN1Cc1ccc(NC(=O)N2CCCN(C(=O)c3ccccc3)CC2)cc1. The van der Waals surface area contributed by atoms with Gasteiger partial charge in [0.25, 0.3) is 5.91 Å². The Hall–Kier alpha value is -3.35. The van der Waals surface area contributed by atoms with E-state index in [0.717, 1.165) is 30.6 Å². The second-order valence-corrected chi connectivity index (χ2v) is 8.04. The molecule has 7 heteroatoms. The van der Waals surface area contributed by atoms with Crippen molar-refractivity contribution in [2.75, 3.05) is 38.0 Å². The highest BCUT2D eigenvalue weighted by Crippen LogP contribution is 2.17. The van der Waals surface area contributed by atoms with Crippen molar-refractivity contribution in [2.45, 2.75) is 25.8 Å². The van der Waals surface area contributed by atoms with E-state index in [2.05, 4.69) is 5.32 Å². The van der Waals surface area contributed by atoms with Crippen LogP contribution in [0, 0.1) is 0 Å². The zero-order chi connectivity index (χ0) is 21.6. The molecule has 4 amide bonds. The number of hydrogen-bond donors (Lipinski definition) is 1. The van der Waals surface area contributed by atoms with E-state index in [-0.39, 0.29) is 17.8 Å². The number of hydrogen-bond acceptors (Lipinski definition) is 3. The van der Waals surface area contributed by atoms with Gasteiger partial charge in [0.15, 0.2) is 0 Å². The highest BCUT2D eigenvalue weighted by atomic mass is 16.2. The third-order valence-corrected chi connectivity index (χ3v) is 5.84. The molecule has 0 bridgehead atoms. The number of amides is 4. The first-order valence-corrected chi connectivity index (χ1v) is 10.9. The zero-order valence-electron chi connectivity index (χ0n) is 17.6. The summed E-state index contributed by atoms with van der Waals surface area (Å²) in [6, 6.07) is 16.7. The van der Waals surface area contributed by atoms with Crippen molar-refractivity contribution >= 4 is 23.5 Å². The lowest BCUT2D eigenvalue weighted by atomic mass is 10.2. The Morgan fingerprint density at radius 1 is 0.806 bits per heavy atom. The molecular formula is C24H28N4O3. The highest BCUT2D eigenvalue weighted by Gasteiger charge is 2.23. The van der Waals surface area contributed by atoms with Crippen molar-refractivity contribution in [1.29, 1.82) is 0 Å². The molecule has 31 heavy (non-hydrogen) atoms. The van der Waals surface area contributed by atoms with Crippen LogP contribution >= 0.6 is 0 Å². The summed E-state index contributed by atoms with van der Waals surface area (Å²) in [6.45, 7) is 3.70. The molecule has 2 aliphatic rings. The fourth-order valence-electron chi connectivity index (χ4n) is 4.07. The first-order valence-electron chi connectivity index (χ1n) is 10.9. The van der Waals surface area contributed by atoms with Crippen molar-refractivity contribution in [2.24, 2.45) is 0 Å². The average Bonchev–Trinajstić information content (AvgIpc) is 3.04. The molecule has 2 aromatic carbocycles. The molecule has 0 unspecified atom stereocenters. The predicted molar refractivity (Wildman–Crippen MR) is 119 cm³/mol. The van der Waals surface area contributed by atoms with Crippen molar-refractivity contribution in [3.63, 3.8) is 0 Å². The van der Waals surface area contributed by atoms with Crippen LogP contribution in [0.1, 0.15) is 35.2 Å². The summed E-state index contributed by atoms with van der Waals surface area (Å²) in [4.78, 5) is 42.6. The second-order valence-electron chi connectivity index (χ2n) is 8.04. The Morgan fingerprint density at radius 3 is 2.23 bits per heavy atom. The number of likely N-dealkylation sites (tertiary alicyclic amines) is 1. The van der Waals surface area contributed by atoms with Gasteiger partial charge in [0, 0.05) is 56.9 Å². The Kier molecular flexibility index (Phi) is 6.50. The molecule has 162 valence electrons. The van der Waals surface area contributed by atoms with Crippen LogP contribution in [-0.2, 0) is 11.3 Å².